The van der Waals surface area contributed by atoms with Gasteiger partial charge in [0.15, 0.2) is 0 Å². The van der Waals surface area contributed by atoms with E-state index >= 15 is 0 Å². The van der Waals surface area contributed by atoms with E-state index in [-0.39, 0.29) is 11.9 Å². The highest BCUT2D eigenvalue weighted by Crippen LogP contribution is 2.30. The summed E-state index contributed by atoms with van der Waals surface area (Å²) in [5.41, 5.74) is 2.53. The fourth-order valence-corrected chi connectivity index (χ4v) is 5.89. The molecule has 0 unspecified atom stereocenters. The minimum atomic E-state index is 0.0521. The molecule has 1 amide bonds. The van der Waals surface area contributed by atoms with Gasteiger partial charge < -0.3 is 15.5 Å². The summed E-state index contributed by atoms with van der Waals surface area (Å²) >= 11 is 1.57. The molecular formula is C25H31N5OS. The van der Waals surface area contributed by atoms with E-state index in [9.17, 15) is 4.79 Å². The third kappa shape index (κ3) is 4.44. The number of hydrogen-bond donors (Lipinski definition) is 2. The monoisotopic (exact) mass is 449 g/mol. The van der Waals surface area contributed by atoms with Crippen molar-refractivity contribution in [2.24, 2.45) is 0 Å². The number of carbonyl (C=O) groups excluding carboxylic acids is 1. The average Bonchev–Trinajstić information content (AvgIpc) is 3.24. The van der Waals surface area contributed by atoms with Gasteiger partial charge in [0, 0.05) is 36.4 Å². The van der Waals surface area contributed by atoms with Gasteiger partial charge in [-0.1, -0.05) is 18.2 Å². The number of hydrogen-bond acceptors (Lipinski definition) is 6. The van der Waals surface area contributed by atoms with Gasteiger partial charge in [-0.3, -0.25) is 4.79 Å². The number of fused-ring (bicyclic) bond motifs is 2. The van der Waals surface area contributed by atoms with Crippen LogP contribution in [0.4, 0.5) is 11.8 Å². The van der Waals surface area contributed by atoms with Crippen molar-refractivity contribution >= 4 is 39.1 Å². The van der Waals surface area contributed by atoms with Gasteiger partial charge in [-0.25, -0.2) is 4.98 Å². The summed E-state index contributed by atoms with van der Waals surface area (Å²) in [7, 11) is 4.12. The molecule has 3 aromatic rings. The second-order valence-electron chi connectivity index (χ2n) is 9.21. The van der Waals surface area contributed by atoms with E-state index in [0.29, 0.717) is 6.04 Å². The van der Waals surface area contributed by atoms with Gasteiger partial charge in [-0.05, 0) is 68.9 Å². The zero-order valence-corrected chi connectivity index (χ0v) is 19.7. The van der Waals surface area contributed by atoms with Crippen LogP contribution in [0.1, 0.15) is 59.5 Å². The predicted molar refractivity (Wildman–Crippen MR) is 132 cm³/mol. The number of benzene rings is 1. The van der Waals surface area contributed by atoms with E-state index in [2.05, 4.69) is 41.8 Å². The van der Waals surface area contributed by atoms with Crippen molar-refractivity contribution in [1.82, 2.24) is 15.3 Å². The van der Waals surface area contributed by atoms with Gasteiger partial charge in [0.1, 0.15) is 5.82 Å². The Bertz CT molecular complexity index is 1080. The summed E-state index contributed by atoms with van der Waals surface area (Å²) in [6, 6.07) is 10.7. The molecule has 0 radical (unpaired) electrons. The second-order valence-corrected chi connectivity index (χ2v) is 10.3. The Morgan fingerprint density at radius 2 is 1.78 bits per heavy atom. The molecule has 5 rings (SSSR count). The third-order valence-corrected chi connectivity index (χ3v) is 7.74. The molecule has 0 bridgehead atoms. The molecule has 32 heavy (non-hydrogen) atoms. The van der Waals surface area contributed by atoms with E-state index in [4.69, 9.17) is 9.97 Å². The van der Waals surface area contributed by atoms with Crippen LogP contribution < -0.4 is 15.5 Å². The summed E-state index contributed by atoms with van der Waals surface area (Å²) in [6.07, 6.45) is 8.52. The number of carbonyl (C=O) groups is 1. The zero-order valence-electron chi connectivity index (χ0n) is 18.9. The van der Waals surface area contributed by atoms with Gasteiger partial charge in [-0.15, -0.1) is 11.3 Å². The van der Waals surface area contributed by atoms with Crippen LogP contribution in [0.5, 0.6) is 0 Å². The highest BCUT2D eigenvalue weighted by molar-refractivity contribution is 7.20. The normalized spacial score (nSPS) is 20.6. The van der Waals surface area contributed by atoms with Gasteiger partial charge in [0.2, 0.25) is 5.95 Å². The SMILES string of the molecule is CN(C)c1nc(N[C@H]2CC[C@@H](NC(=O)c3cc4ccccc4s3)CC2)nc2c1CCCC2. The van der Waals surface area contributed by atoms with Crippen LogP contribution in [0.2, 0.25) is 0 Å². The van der Waals surface area contributed by atoms with E-state index in [0.717, 1.165) is 65.3 Å². The van der Waals surface area contributed by atoms with Crippen LogP contribution in [-0.4, -0.2) is 42.1 Å². The van der Waals surface area contributed by atoms with Crippen LogP contribution in [0, 0.1) is 0 Å². The first-order valence-corrected chi connectivity index (χ1v) is 12.5. The molecule has 1 saturated carbocycles. The number of rotatable bonds is 5. The summed E-state index contributed by atoms with van der Waals surface area (Å²) in [5.74, 6) is 1.87. The topological polar surface area (TPSA) is 70.2 Å². The van der Waals surface area contributed by atoms with Crippen LogP contribution >= 0.6 is 11.3 Å². The Kier molecular flexibility index (Phi) is 6.00. The zero-order chi connectivity index (χ0) is 22.1. The largest absolute Gasteiger partial charge is 0.362 e. The van der Waals surface area contributed by atoms with Crippen molar-refractivity contribution in [3.8, 4) is 0 Å². The molecule has 2 aliphatic carbocycles. The lowest BCUT2D eigenvalue weighted by Gasteiger charge is -2.30. The number of thiophene rings is 1. The molecule has 2 N–H and O–H groups in total. The number of aryl methyl sites for hydroxylation is 1. The summed E-state index contributed by atoms with van der Waals surface area (Å²) < 4.78 is 1.16. The number of amides is 1. The first kappa shape index (κ1) is 21.2. The van der Waals surface area contributed by atoms with Crippen LogP contribution in [0.15, 0.2) is 30.3 Å². The molecule has 0 atom stereocenters. The Balaban J connectivity index is 1.19. The molecule has 6 nitrogen and oxygen atoms in total. The maximum atomic E-state index is 12.8. The lowest BCUT2D eigenvalue weighted by Crippen LogP contribution is -2.40. The molecule has 0 spiro atoms. The van der Waals surface area contributed by atoms with Crippen LogP contribution in [0.3, 0.4) is 0 Å². The van der Waals surface area contributed by atoms with Crippen molar-refractivity contribution in [3.05, 3.63) is 46.5 Å². The highest BCUT2D eigenvalue weighted by Gasteiger charge is 2.25. The number of nitrogens with zero attached hydrogens (tertiary/aromatic N) is 3. The fraction of sp³-hybridized carbons (Fsp3) is 0.480. The Morgan fingerprint density at radius 1 is 1.03 bits per heavy atom. The van der Waals surface area contributed by atoms with Crippen LogP contribution in [0.25, 0.3) is 10.1 Å². The molecule has 0 aliphatic heterocycles. The number of anilines is 2. The third-order valence-electron chi connectivity index (χ3n) is 6.63. The average molecular weight is 450 g/mol. The number of nitrogens with one attached hydrogen (secondary N) is 2. The standard InChI is InChI=1S/C25H31N5OS/c1-30(2)23-19-8-4-5-9-20(19)28-25(29-23)27-18-13-11-17(12-14-18)26-24(31)22-15-16-7-3-6-10-21(16)32-22/h3,6-7,10,15,17-18H,4-5,8-9,11-14H2,1-2H3,(H,26,31)(H,27,28,29)/t17-,18+. The molecule has 2 aliphatic rings. The summed E-state index contributed by atoms with van der Waals surface area (Å²) in [5, 5.41) is 7.98. The first-order chi connectivity index (χ1) is 15.6. The van der Waals surface area contributed by atoms with E-state index in [1.807, 2.05) is 18.2 Å². The maximum absolute atomic E-state index is 12.8. The van der Waals surface area contributed by atoms with Gasteiger partial charge in [0.25, 0.3) is 5.91 Å². The molecule has 1 fully saturated rings. The molecule has 1 aromatic carbocycles. The van der Waals surface area contributed by atoms with E-state index in [1.54, 1.807) is 11.3 Å². The highest BCUT2D eigenvalue weighted by atomic mass is 32.1. The molecule has 2 aromatic heterocycles. The molecular weight excluding hydrogens is 418 g/mol. The molecule has 168 valence electrons. The van der Waals surface area contributed by atoms with Crippen LogP contribution in [-0.2, 0) is 12.8 Å². The minimum Gasteiger partial charge on any atom is -0.362 e. The Hall–Kier alpha value is -2.67. The fourth-order valence-electron chi connectivity index (χ4n) is 4.92. The number of aromatic nitrogens is 2. The van der Waals surface area contributed by atoms with Crippen molar-refractivity contribution in [2.45, 2.75) is 63.5 Å². The summed E-state index contributed by atoms with van der Waals surface area (Å²) in [6.45, 7) is 0. The van der Waals surface area contributed by atoms with Gasteiger partial charge in [-0.2, -0.15) is 4.98 Å². The van der Waals surface area contributed by atoms with E-state index < -0.39 is 0 Å². The lowest BCUT2D eigenvalue weighted by atomic mass is 9.91. The molecule has 7 heteroatoms. The first-order valence-electron chi connectivity index (χ1n) is 11.7. The molecule has 0 saturated heterocycles. The van der Waals surface area contributed by atoms with Gasteiger partial charge in [0.05, 0.1) is 10.6 Å². The minimum absolute atomic E-state index is 0.0521. The quantitative estimate of drug-likeness (QED) is 0.586. The predicted octanol–water partition coefficient (Wildman–Crippen LogP) is 4.79. The van der Waals surface area contributed by atoms with Crippen molar-refractivity contribution in [2.75, 3.05) is 24.3 Å². The van der Waals surface area contributed by atoms with E-state index in [1.165, 1.54) is 24.1 Å². The van der Waals surface area contributed by atoms with Gasteiger partial charge >= 0.3 is 0 Å². The lowest BCUT2D eigenvalue weighted by molar-refractivity contribution is 0.0930. The summed E-state index contributed by atoms with van der Waals surface area (Å²) in [4.78, 5) is 25.4. The Morgan fingerprint density at radius 3 is 2.56 bits per heavy atom. The smallest absolute Gasteiger partial charge is 0.261 e. The molecule has 2 heterocycles. The maximum Gasteiger partial charge on any atom is 0.261 e. The second kappa shape index (κ2) is 9.06. The van der Waals surface area contributed by atoms with Crippen molar-refractivity contribution in [1.29, 1.82) is 0 Å². The van der Waals surface area contributed by atoms with Crippen molar-refractivity contribution < 1.29 is 4.79 Å². The Labute approximate surface area is 193 Å². The van der Waals surface area contributed by atoms with Crippen molar-refractivity contribution in [3.63, 3.8) is 0 Å².